The summed E-state index contributed by atoms with van der Waals surface area (Å²) in [5.74, 6) is 0.316. The molecule has 5 heteroatoms. The summed E-state index contributed by atoms with van der Waals surface area (Å²) in [6, 6.07) is 6.46. The van der Waals surface area contributed by atoms with Crippen LogP contribution in [0.25, 0.3) is 0 Å². The van der Waals surface area contributed by atoms with Crippen molar-refractivity contribution in [1.82, 2.24) is 0 Å². The van der Waals surface area contributed by atoms with Crippen LogP contribution in [0.5, 0.6) is 5.75 Å². The lowest BCUT2D eigenvalue weighted by Crippen LogP contribution is -2.20. The van der Waals surface area contributed by atoms with Crippen molar-refractivity contribution in [3.8, 4) is 5.75 Å². The van der Waals surface area contributed by atoms with Gasteiger partial charge in [0, 0.05) is 0 Å². The molecule has 0 fully saturated rings. The molecule has 0 saturated heterocycles. The topological polar surface area (TPSA) is 69.9 Å². The minimum atomic E-state index is -1.82. The van der Waals surface area contributed by atoms with Gasteiger partial charge in [-0.3, -0.25) is 0 Å². The number of aliphatic hydroxyl groups is 1. The normalized spacial score (nSPS) is 9.58. The molecule has 0 atom stereocenters. The lowest BCUT2D eigenvalue weighted by molar-refractivity contribution is 0.277. The van der Waals surface area contributed by atoms with Gasteiger partial charge in [0.05, 0.1) is 6.61 Å². The summed E-state index contributed by atoms with van der Waals surface area (Å²) in [5.41, 5.74) is 0.660. The molecule has 0 bridgehead atoms. The quantitative estimate of drug-likeness (QED) is 0.533. The standard InChI is InChI=1S/C7H9BO4/c9-5-6-2-1-3-7(4-6)12-8(10)11/h1-4,9-11H,5H2. The van der Waals surface area contributed by atoms with Gasteiger partial charge >= 0.3 is 7.32 Å². The zero-order valence-corrected chi connectivity index (χ0v) is 6.34. The smallest absolute Gasteiger partial charge is 0.512 e. The van der Waals surface area contributed by atoms with Gasteiger partial charge < -0.3 is 19.8 Å². The van der Waals surface area contributed by atoms with Crippen LogP contribution in [-0.4, -0.2) is 22.5 Å². The van der Waals surface area contributed by atoms with Crippen LogP contribution in [-0.2, 0) is 6.61 Å². The predicted molar refractivity (Wildman–Crippen MR) is 43.2 cm³/mol. The van der Waals surface area contributed by atoms with Crippen molar-refractivity contribution >= 4 is 7.32 Å². The minimum Gasteiger partial charge on any atom is -0.512 e. The number of benzene rings is 1. The molecule has 4 nitrogen and oxygen atoms in total. The van der Waals surface area contributed by atoms with E-state index in [0.717, 1.165) is 0 Å². The lowest BCUT2D eigenvalue weighted by atomic mass is 10.2. The summed E-state index contributed by atoms with van der Waals surface area (Å²) >= 11 is 0. The minimum absolute atomic E-state index is 0.0985. The van der Waals surface area contributed by atoms with Gasteiger partial charge in [0.1, 0.15) is 5.75 Å². The molecule has 0 heterocycles. The number of rotatable bonds is 3. The zero-order chi connectivity index (χ0) is 8.97. The van der Waals surface area contributed by atoms with Crippen molar-refractivity contribution in [2.24, 2.45) is 0 Å². The van der Waals surface area contributed by atoms with Crippen LogP contribution < -0.4 is 4.65 Å². The molecule has 0 amide bonds. The molecule has 1 aromatic carbocycles. The molecule has 1 rings (SSSR count). The molecule has 1 aromatic rings. The van der Waals surface area contributed by atoms with Crippen molar-refractivity contribution in [3.05, 3.63) is 29.8 Å². The Morgan fingerprint density at radius 1 is 1.33 bits per heavy atom. The van der Waals surface area contributed by atoms with E-state index in [1.54, 1.807) is 18.2 Å². The van der Waals surface area contributed by atoms with E-state index in [-0.39, 0.29) is 6.61 Å². The average molecular weight is 168 g/mol. The van der Waals surface area contributed by atoms with Gasteiger partial charge in [-0.05, 0) is 17.7 Å². The van der Waals surface area contributed by atoms with E-state index < -0.39 is 7.32 Å². The van der Waals surface area contributed by atoms with Crippen LogP contribution >= 0.6 is 0 Å². The molecule has 0 spiro atoms. The Kier molecular flexibility index (Phi) is 3.10. The molecule has 64 valence electrons. The zero-order valence-electron chi connectivity index (χ0n) is 6.34. The molecule has 0 aromatic heterocycles. The van der Waals surface area contributed by atoms with Crippen molar-refractivity contribution < 1.29 is 19.8 Å². The van der Waals surface area contributed by atoms with Gasteiger partial charge in [-0.2, -0.15) is 0 Å². The highest BCUT2D eigenvalue weighted by atomic mass is 16.6. The fourth-order valence-electron chi connectivity index (χ4n) is 0.839. The van der Waals surface area contributed by atoms with Crippen LogP contribution in [0, 0.1) is 0 Å². The Hall–Kier alpha value is -1.04. The van der Waals surface area contributed by atoms with Crippen molar-refractivity contribution in [1.29, 1.82) is 0 Å². The van der Waals surface area contributed by atoms with Crippen LogP contribution in [0.4, 0.5) is 0 Å². The summed E-state index contributed by atoms with van der Waals surface area (Å²) < 4.78 is 4.56. The van der Waals surface area contributed by atoms with Crippen molar-refractivity contribution in [3.63, 3.8) is 0 Å². The van der Waals surface area contributed by atoms with E-state index in [2.05, 4.69) is 4.65 Å². The first-order chi connectivity index (χ1) is 5.72. The highest BCUT2D eigenvalue weighted by Crippen LogP contribution is 2.12. The van der Waals surface area contributed by atoms with Gasteiger partial charge in [0.25, 0.3) is 0 Å². The molecule has 0 aliphatic heterocycles. The second-order valence-corrected chi connectivity index (χ2v) is 2.25. The van der Waals surface area contributed by atoms with E-state index in [9.17, 15) is 0 Å². The number of aliphatic hydroxyl groups excluding tert-OH is 1. The molecule has 3 N–H and O–H groups in total. The molecule has 0 radical (unpaired) electrons. The van der Waals surface area contributed by atoms with Crippen LogP contribution in [0.2, 0.25) is 0 Å². The van der Waals surface area contributed by atoms with Crippen LogP contribution in [0.3, 0.4) is 0 Å². The molecule has 0 unspecified atom stereocenters. The van der Waals surface area contributed by atoms with Gasteiger partial charge in [-0.15, -0.1) is 0 Å². The Morgan fingerprint density at radius 3 is 2.67 bits per heavy atom. The number of hydrogen-bond donors (Lipinski definition) is 3. The monoisotopic (exact) mass is 168 g/mol. The largest absolute Gasteiger partial charge is 0.707 e. The fourth-order valence-corrected chi connectivity index (χ4v) is 0.839. The molecular weight excluding hydrogens is 159 g/mol. The SMILES string of the molecule is OCc1cccc(OB(O)O)c1. The third-order valence-electron chi connectivity index (χ3n) is 1.32. The maximum absolute atomic E-state index is 8.72. The summed E-state index contributed by atoms with van der Waals surface area (Å²) in [7, 11) is -1.82. The van der Waals surface area contributed by atoms with E-state index in [0.29, 0.717) is 11.3 Å². The second-order valence-electron chi connectivity index (χ2n) is 2.25. The maximum Gasteiger partial charge on any atom is 0.707 e. The first-order valence-corrected chi connectivity index (χ1v) is 3.45. The number of hydrogen-bond acceptors (Lipinski definition) is 4. The van der Waals surface area contributed by atoms with Crippen LogP contribution in [0.1, 0.15) is 5.56 Å². The highest BCUT2D eigenvalue weighted by Gasteiger charge is 2.10. The lowest BCUT2D eigenvalue weighted by Gasteiger charge is -2.04. The fraction of sp³-hybridized carbons (Fsp3) is 0.143. The van der Waals surface area contributed by atoms with E-state index in [4.69, 9.17) is 15.2 Å². The van der Waals surface area contributed by atoms with E-state index >= 15 is 0 Å². The van der Waals surface area contributed by atoms with Gasteiger partial charge in [0.2, 0.25) is 0 Å². The van der Waals surface area contributed by atoms with Crippen molar-refractivity contribution in [2.45, 2.75) is 6.61 Å². The summed E-state index contributed by atoms with van der Waals surface area (Å²) in [6.45, 7) is -0.0985. The Morgan fingerprint density at radius 2 is 2.08 bits per heavy atom. The highest BCUT2D eigenvalue weighted by molar-refractivity contribution is 6.33. The molecular formula is C7H9BO4. The van der Waals surface area contributed by atoms with E-state index in [1.807, 2.05) is 0 Å². The molecule has 0 aliphatic rings. The predicted octanol–water partition coefficient (Wildman–Crippen LogP) is -0.473. The van der Waals surface area contributed by atoms with E-state index in [1.165, 1.54) is 6.07 Å². The third kappa shape index (κ3) is 2.54. The van der Waals surface area contributed by atoms with Crippen LogP contribution in [0.15, 0.2) is 24.3 Å². The Balaban J connectivity index is 2.72. The van der Waals surface area contributed by atoms with Crippen molar-refractivity contribution in [2.75, 3.05) is 0 Å². The third-order valence-corrected chi connectivity index (χ3v) is 1.32. The Labute approximate surface area is 70.2 Å². The molecule has 0 saturated carbocycles. The maximum atomic E-state index is 8.72. The van der Waals surface area contributed by atoms with Gasteiger partial charge in [0.15, 0.2) is 0 Å². The van der Waals surface area contributed by atoms with Gasteiger partial charge in [-0.1, -0.05) is 12.1 Å². The molecule has 0 aliphatic carbocycles. The molecule has 12 heavy (non-hydrogen) atoms. The first-order valence-electron chi connectivity index (χ1n) is 3.45. The second kappa shape index (κ2) is 4.11. The Bertz CT molecular complexity index is 251. The summed E-state index contributed by atoms with van der Waals surface area (Å²) in [5, 5.41) is 25.6. The van der Waals surface area contributed by atoms with Gasteiger partial charge in [-0.25, -0.2) is 0 Å². The summed E-state index contributed by atoms with van der Waals surface area (Å²) in [6.07, 6.45) is 0. The average Bonchev–Trinajstić information content (AvgIpc) is 2.03. The summed E-state index contributed by atoms with van der Waals surface area (Å²) in [4.78, 5) is 0. The first kappa shape index (κ1) is 9.06.